The minimum Gasteiger partial charge on any atom is -0.439 e. The van der Waals surface area contributed by atoms with Gasteiger partial charge in [-0.2, -0.15) is 4.98 Å². The third-order valence-corrected chi connectivity index (χ3v) is 5.32. The summed E-state index contributed by atoms with van der Waals surface area (Å²) in [6.45, 7) is 0.459. The van der Waals surface area contributed by atoms with Gasteiger partial charge in [0.15, 0.2) is 11.2 Å². The van der Waals surface area contributed by atoms with E-state index in [1.807, 2.05) is 65.2 Å². The Morgan fingerprint density at radius 2 is 1.79 bits per heavy atom. The standard InChI is InChI=1S/C24H19ClN6O2/c1-30-15-27-22-21(30)23(32)29-24(31(22)14-16-5-7-17(25)8-6-16)28-18-9-11-19(12-10-18)33-20-4-2-3-13-26-20/h2-13,15H,14H2,1H3,(H,28,29,32). The lowest BCUT2D eigenvalue weighted by molar-refractivity contribution is 0.463. The van der Waals surface area contributed by atoms with Crippen molar-refractivity contribution in [3.8, 4) is 11.6 Å². The van der Waals surface area contributed by atoms with Gasteiger partial charge in [-0.3, -0.25) is 9.36 Å². The van der Waals surface area contributed by atoms with Crippen LogP contribution in [0.4, 0.5) is 11.6 Å². The number of halogens is 1. The average molecular weight is 459 g/mol. The molecule has 0 aliphatic rings. The van der Waals surface area contributed by atoms with E-state index < -0.39 is 0 Å². The van der Waals surface area contributed by atoms with Crippen LogP contribution in [0.5, 0.6) is 11.6 Å². The van der Waals surface area contributed by atoms with Crippen molar-refractivity contribution in [2.45, 2.75) is 6.54 Å². The van der Waals surface area contributed by atoms with Crippen LogP contribution in [0.15, 0.2) is 84.0 Å². The van der Waals surface area contributed by atoms with Gasteiger partial charge in [0.25, 0.3) is 0 Å². The molecule has 0 spiro atoms. The van der Waals surface area contributed by atoms with Gasteiger partial charge in [-0.1, -0.05) is 29.8 Å². The van der Waals surface area contributed by atoms with Crippen molar-refractivity contribution < 1.29 is 4.74 Å². The molecule has 8 nitrogen and oxygen atoms in total. The average Bonchev–Trinajstić information content (AvgIpc) is 3.22. The molecule has 5 aromatic rings. The number of hydrogen-bond donors (Lipinski definition) is 1. The number of fused-ring (bicyclic) bond motifs is 1. The fourth-order valence-corrected chi connectivity index (χ4v) is 3.58. The minimum absolute atomic E-state index is 0.352. The van der Waals surface area contributed by atoms with E-state index >= 15 is 0 Å². The second kappa shape index (κ2) is 8.76. The topological polar surface area (TPSA) is 86.9 Å². The van der Waals surface area contributed by atoms with E-state index in [9.17, 15) is 4.79 Å². The highest BCUT2D eigenvalue weighted by Gasteiger charge is 2.15. The SMILES string of the molecule is Cn1cnc2c1c(=O)nc(Nc1ccc(Oc3ccccn3)cc1)n2Cc1ccc(Cl)cc1. The Labute approximate surface area is 194 Å². The molecule has 0 amide bonds. The first-order chi connectivity index (χ1) is 16.1. The van der Waals surface area contributed by atoms with Crippen LogP contribution < -0.4 is 15.6 Å². The summed E-state index contributed by atoms with van der Waals surface area (Å²) in [5.41, 5.74) is 2.38. The summed E-state index contributed by atoms with van der Waals surface area (Å²) < 4.78 is 9.29. The van der Waals surface area contributed by atoms with Gasteiger partial charge in [0.1, 0.15) is 5.75 Å². The second-order valence-electron chi connectivity index (χ2n) is 7.40. The van der Waals surface area contributed by atoms with Gasteiger partial charge < -0.3 is 14.6 Å². The Morgan fingerprint density at radius 3 is 2.52 bits per heavy atom. The fourth-order valence-electron chi connectivity index (χ4n) is 3.45. The Bertz CT molecular complexity index is 1460. The third kappa shape index (κ3) is 4.42. The maximum absolute atomic E-state index is 12.7. The van der Waals surface area contributed by atoms with Crippen LogP contribution in [0.3, 0.4) is 0 Å². The molecule has 0 fully saturated rings. The zero-order valence-corrected chi connectivity index (χ0v) is 18.4. The highest BCUT2D eigenvalue weighted by molar-refractivity contribution is 6.30. The molecule has 0 bridgehead atoms. The first kappa shape index (κ1) is 20.7. The summed E-state index contributed by atoms with van der Waals surface area (Å²) in [7, 11) is 1.78. The lowest BCUT2D eigenvalue weighted by atomic mass is 10.2. The van der Waals surface area contributed by atoms with Crippen LogP contribution in [-0.4, -0.2) is 24.1 Å². The van der Waals surface area contributed by atoms with E-state index in [1.54, 1.807) is 30.2 Å². The summed E-state index contributed by atoms with van der Waals surface area (Å²) in [6.07, 6.45) is 3.28. The molecule has 0 saturated heterocycles. The number of ether oxygens (including phenoxy) is 1. The molecule has 0 aliphatic carbocycles. The van der Waals surface area contributed by atoms with E-state index in [0.29, 0.717) is 40.3 Å². The lowest BCUT2D eigenvalue weighted by Crippen LogP contribution is -2.19. The van der Waals surface area contributed by atoms with E-state index in [0.717, 1.165) is 11.3 Å². The van der Waals surface area contributed by atoms with Gasteiger partial charge in [-0.25, -0.2) is 9.97 Å². The molecule has 0 unspecified atom stereocenters. The Kier molecular flexibility index (Phi) is 5.50. The first-order valence-electron chi connectivity index (χ1n) is 10.2. The van der Waals surface area contributed by atoms with Gasteiger partial charge in [0, 0.05) is 30.0 Å². The molecule has 5 rings (SSSR count). The highest BCUT2D eigenvalue weighted by atomic mass is 35.5. The molecule has 0 saturated carbocycles. The van der Waals surface area contributed by atoms with Gasteiger partial charge in [0.05, 0.1) is 12.9 Å². The van der Waals surface area contributed by atoms with Crippen molar-refractivity contribution in [2.24, 2.45) is 7.05 Å². The van der Waals surface area contributed by atoms with Crippen LogP contribution in [0, 0.1) is 0 Å². The number of nitrogens with one attached hydrogen (secondary N) is 1. The molecule has 1 N–H and O–H groups in total. The van der Waals surface area contributed by atoms with E-state index in [2.05, 4.69) is 20.3 Å². The van der Waals surface area contributed by atoms with Crippen molar-refractivity contribution in [3.63, 3.8) is 0 Å². The zero-order chi connectivity index (χ0) is 22.8. The number of aromatic nitrogens is 5. The minimum atomic E-state index is -0.352. The molecule has 2 aromatic carbocycles. The largest absolute Gasteiger partial charge is 0.439 e. The van der Waals surface area contributed by atoms with Crippen LogP contribution >= 0.6 is 11.6 Å². The molecule has 3 aromatic heterocycles. The van der Waals surface area contributed by atoms with E-state index in [4.69, 9.17) is 16.3 Å². The Hall–Kier alpha value is -4.17. The number of benzene rings is 2. The fraction of sp³-hybridized carbons (Fsp3) is 0.0833. The lowest BCUT2D eigenvalue weighted by Gasteiger charge is -2.15. The van der Waals surface area contributed by atoms with Crippen LogP contribution in [0.25, 0.3) is 11.2 Å². The monoisotopic (exact) mass is 458 g/mol. The molecule has 33 heavy (non-hydrogen) atoms. The van der Waals surface area contributed by atoms with Crippen molar-refractivity contribution in [1.29, 1.82) is 0 Å². The summed E-state index contributed by atoms with van der Waals surface area (Å²) in [4.78, 5) is 25.6. The zero-order valence-electron chi connectivity index (χ0n) is 17.6. The number of anilines is 2. The molecule has 9 heteroatoms. The number of aryl methyl sites for hydroxylation is 1. The summed E-state index contributed by atoms with van der Waals surface area (Å²) >= 11 is 6.03. The van der Waals surface area contributed by atoms with Crippen LogP contribution in [-0.2, 0) is 13.6 Å². The molecule has 0 atom stereocenters. The molecule has 164 valence electrons. The number of nitrogens with zero attached hydrogens (tertiary/aromatic N) is 5. The van der Waals surface area contributed by atoms with Crippen LogP contribution in [0.2, 0.25) is 5.02 Å². The van der Waals surface area contributed by atoms with E-state index in [1.165, 1.54) is 0 Å². The second-order valence-corrected chi connectivity index (χ2v) is 7.84. The van der Waals surface area contributed by atoms with Crippen molar-refractivity contribution >= 4 is 34.4 Å². The molecule has 0 aliphatic heterocycles. The summed E-state index contributed by atoms with van der Waals surface area (Å²) in [6, 6.07) is 20.3. The summed E-state index contributed by atoms with van der Waals surface area (Å²) in [5.74, 6) is 1.54. The predicted octanol–water partition coefficient (Wildman–Crippen LogP) is 4.76. The Balaban J connectivity index is 1.48. The Morgan fingerprint density at radius 1 is 1.00 bits per heavy atom. The maximum atomic E-state index is 12.7. The van der Waals surface area contributed by atoms with Crippen molar-refractivity contribution in [2.75, 3.05) is 5.32 Å². The maximum Gasteiger partial charge on any atom is 0.300 e. The third-order valence-electron chi connectivity index (χ3n) is 5.06. The first-order valence-corrected chi connectivity index (χ1v) is 10.6. The predicted molar refractivity (Wildman–Crippen MR) is 127 cm³/mol. The molecular formula is C24H19ClN6O2. The number of rotatable bonds is 6. The van der Waals surface area contributed by atoms with Gasteiger partial charge in [0.2, 0.25) is 11.8 Å². The van der Waals surface area contributed by atoms with Crippen molar-refractivity contribution in [3.05, 3.63) is 100 Å². The van der Waals surface area contributed by atoms with Crippen molar-refractivity contribution in [1.82, 2.24) is 24.1 Å². The quantitative estimate of drug-likeness (QED) is 0.394. The van der Waals surface area contributed by atoms with Gasteiger partial charge in [-0.05, 0) is 48.0 Å². The number of imidazole rings is 1. The molecule has 0 radical (unpaired) electrons. The van der Waals surface area contributed by atoms with Gasteiger partial charge >= 0.3 is 5.56 Å². The smallest absolute Gasteiger partial charge is 0.300 e. The normalized spacial score (nSPS) is 11.0. The number of hydrogen-bond acceptors (Lipinski definition) is 6. The number of pyridine rings is 1. The van der Waals surface area contributed by atoms with Gasteiger partial charge in [-0.15, -0.1) is 0 Å². The highest BCUT2D eigenvalue weighted by Crippen LogP contribution is 2.24. The van der Waals surface area contributed by atoms with Crippen LogP contribution in [0.1, 0.15) is 5.56 Å². The van der Waals surface area contributed by atoms with E-state index in [-0.39, 0.29) is 5.56 Å². The summed E-state index contributed by atoms with van der Waals surface area (Å²) in [5, 5.41) is 3.90. The molecule has 3 heterocycles. The molecular weight excluding hydrogens is 440 g/mol.